The average molecular weight is 556 g/mol. The zero-order valence-electron chi connectivity index (χ0n) is 21.3. The van der Waals surface area contributed by atoms with Gasteiger partial charge in [-0.15, -0.1) is 0 Å². The molecule has 196 valence electrons. The maximum Gasteiger partial charge on any atom is 0.308 e. The standard InChI is InChI=1S/C30H25N3O4S2/c1-17-12-14-20(15-13-17)33-27(35)24-23(19-9-4-3-5-10-19)26-29(38-25(24)28(33)36)32(30(37)39-26)16-22(34)31-21-11-7-6-8-18(21)2/h3-15,23-25H,16H2,1-2H3,(H,31,34)/t23-,24-,25+/m0/s1. The number of para-hydroxylation sites is 1. The van der Waals surface area contributed by atoms with E-state index in [4.69, 9.17) is 0 Å². The molecule has 3 atom stereocenters. The topological polar surface area (TPSA) is 88.5 Å². The van der Waals surface area contributed by atoms with Crippen LogP contribution < -0.4 is 15.1 Å². The van der Waals surface area contributed by atoms with Gasteiger partial charge in [-0.05, 0) is 43.2 Å². The molecule has 39 heavy (non-hydrogen) atoms. The molecule has 1 aromatic heterocycles. The maximum absolute atomic E-state index is 13.9. The van der Waals surface area contributed by atoms with Crippen LogP contribution in [-0.2, 0) is 20.9 Å². The molecular weight excluding hydrogens is 530 g/mol. The molecule has 0 spiro atoms. The van der Waals surface area contributed by atoms with Crippen LogP contribution in [0.2, 0.25) is 0 Å². The van der Waals surface area contributed by atoms with Crippen LogP contribution >= 0.6 is 23.1 Å². The van der Waals surface area contributed by atoms with Crippen molar-refractivity contribution >= 4 is 52.2 Å². The monoisotopic (exact) mass is 555 g/mol. The fraction of sp³-hybridized carbons (Fsp3) is 0.200. The number of nitrogens with one attached hydrogen (secondary N) is 1. The molecule has 0 bridgehead atoms. The third kappa shape index (κ3) is 4.41. The van der Waals surface area contributed by atoms with Crippen LogP contribution in [0, 0.1) is 19.8 Å². The first-order valence-corrected chi connectivity index (χ1v) is 14.3. The van der Waals surface area contributed by atoms with Gasteiger partial charge in [0.25, 0.3) is 0 Å². The van der Waals surface area contributed by atoms with Crippen molar-refractivity contribution in [2.75, 3.05) is 10.2 Å². The summed E-state index contributed by atoms with van der Waals surface area (Å²) in [5.74, 6) is -2.05. The van der Waals surface area contributed by atoms with E-state index < -0.39 is 17.1 Å². The molecule has 0 aliphatic carbocycles. The van der Waals surface area contributed by atoms with Crippen molar-refractivity contribution in [1.29, 1.82) is 0 Å². The fourth-order valence-corrected chi connectivity index (χ4v) is 8.04. The van der Waals surface area contributed by atoms with Gasteiger partial charge in [-0.2, -0.15) is 0 Å². The molecule has 4 aromatic rings. The third-order valence-electron chi connectivity index (χ3n) is 7.22. The van der Waals surface area contributed by atoms with Crippen molar-refractivity contribution in [2.24, 2.45) is 5.92 Å². The first-order valence-electron chi connectivity index (χ1n) is 12.6. The predicted octanol–water partition coefficient (Wildman–Crippen LogP) is 4.96. The number of thioether (sulfide) groups is 1. The number of anilines is 2. The first-order chi connectivity index (χ1) is 18.8. The number of rotatable bonds is 5. The van der Waals surface area contributed by atoms with Gasteiger partial charge in [0.2, 0.25) is 17.7 Å². The van der Waals surface area contributed by atoms with E-state index in [1.54, 1.807) is 12.1 Å². The number of hydrogen-bond donors (Lipinski definition) is 1. The van der Waals surface area contributed by atoms with Gasteiger partial charge < -0.3 is 5.32 Å². The molecule has 6 rings (SSSR count). The molecule has 3 heterocycles. The Hall–Kier alpha value is -3.95. The number of aryl methyl sites for hydroxylation is 2. The lowest BCUT2D eigenvalue weighted by atomic mass is 9.83. The number of fused-ring (bicyclic) bond motifs is 2. The van der Waals surface area contributed by atoms with Crippen LogP contribution in [0.5, 0.6) is 0 Å². The Morgan fingerprint density at radius 2 is 1.56 bits per heavy atom. The van der Waals surface area contributed by atoms with Crippen LogP contribution in [0.3, 0.4) is 0 Å². The van der Waals surface area contributed by atoms with E-state index in [0.717, 1.165) is 28.0 Å². The van der Waals surface area contributed by atoms with Crippen molar-refractivity contribution in [2.45, 2.75) is 36.6 Å². The molecule has 1 N–H and O–H groups in total. The molecule has 9 heteroatoms. The molecule has 2 aliphatic rings. The Balaban J connectivity index is 1.40. The quantitative estimate of drug-likeness (QED) is 0.352. The summed E-state index contributed by atoms with van der Waals surface area (Å²) in [6.45, 7) is 3.66. The predicted molar refractivity (Wildman–Crippen MR) is 153 cm³/mol. The summed E-state index contributed by atoms with van der Waals surface area (Å²) in [7, 11) is 0. The maximum atomic E-state index is 13.9. The Morgan fingerprint density at radius 3 is 2.28 bits per heavy atom. The number of hydrogen-bond acceptors (Lipinski definition) is 6. The Labute approximate surface area is 233 Å². The second kappa shape index (κ2) is 9.98. The summed E-state index contributed by atoms with van der Waals surface area (Å²) in [5.41, 5.74) is 4.02. The van der Waals surface area contributed by atoms with E-state index in [2.05, 4.69) is 5.32 Å². The van der Waals surface area contributed by atoms with Gasteiger partial charge in [-0.1, -0.05) is 89.3 Å². The second-order valence-corrected chi connectivity index (χ2v) is 11.9. The van der Waals surface area contributed by atoms with E-state index in [-0.39, 0.29) is 29.1 Å². The minimum atomic E-state index is -0.712. The Kier molecular flexibility index (Phi) is 6.48. The van der Waals surface area contributed by atoms with E-state index in [1.807, 2.05) is 80.6 Å². The number of aromatic nitrogens is 1. The lowest BCUT2D eigenvalue weighted by molar-refractivity contribution is -0.122. The average Bonchev–Trinajstić information content (AvgIpc) is 3.37. The zero-order valence-corrected chi connectivity index (χ0v) is 22.9. The number of imide groups is 1. The molecule has 1 fully saturated rings. The number of carbonyl (C=O) groups is 3. The molecule has 7 nitrogen and oxygen atoms in total. The van der Waals surface area contributed by atoms with Gasteiger partial charge in [0.1, 0.15) is 11.8 Å². The van der Waals surface area contributed by atoms with Gasteiger partial charge in [-0.3, -0.25) is 23.7 Å². The SMILES string of the molecule is Cc1ccc(N2C(=O)[C@H]3[C@H](c4ccccc4)c4sc(=O)n(CC(=O)Nc5ccccc5C)c4S[C@H]3C2=O)cc1. The van der Waals surface area contributed by atoms with Gasteiger partial charge in [-0.25, -0.2) is 4.90 Å². The summed E-state index contributed by atoms with van der Waals surface area (Å²) >= 11 is 2.27. The highest BCUT2D eigenvalue weighted by molar-refractivity contribution is 8.00. The number of benzene rings is 3. The second-order valence-electron chi connectivity index (χ2n) is 9.79. The number of amides is 3. The third-order valence-corrected chi connectivity index (χ3v) is 9.82. The van der Waals surface area contributed by atoms with Crippen LogP contribution in [-0.4, -0.2) is 27.5 Å². The smallest absolute Gasteiger partial charge is 0.308 e. The lowest BCUT2D eigenvalue weighted by Crippen LogP contribution is -2.33. The summed E-state index contributed by atoms with van der Waals surface area (Å²) < 4.78 is 1.44. The summed E-state index contributed by atoms with van der Waals surface area (Å²) in [5, 5.41) is 2.75. The van der Waals surface area contributed by atoms with E-state index in [9.17, 15) is 19.2 Å². The van der Waals surface area contributed by atoms with Crippen LogP contribution in [0.25, 0.3) is 0 Å². The summed E-state index contributed by atoms with van der Waals surface area (Å²) in [4.78, 5) is 55.6. The van der Waals surface area contributed by atoms with Crippen LogP contribution in [0.1, 0.15) is 27.5 Å². The molecule has 0 saturated carbocycles. The molecule has 0 unspecified atom stereocenters. The molecule has 0 radical (unpaired) electrons. The van der Waals surface area contributed by atoms with Crippen LogP contribution in [0.4, 0.5) is 11.4 Å². The van der Waals surface area contributed by atoms with Crippen molar-refractivity contribution in [3.8, 4) is 0 Å². The van der Waals surface area contributed by atoms with Gasteiger partial charge in [0, 0.05) is 16.5 Å². The van der Waals surface area contributed by atoms with E-state index in [1.165, 1.54) is 21.2 Å². The lowest BCUT2D eigenvalue weighted by Gasteiger charge is -2.30. The van der Waals surface area contributed by atoms with Crippen molar-refractivity contribution in [3.63, 3.8) is 0 Å². The summed E-state index contributed by atoms with van der Waals surface area (Å²) in [6.07, 6.45) is 0. The number of carbonyl (C=O) groups excluding carboxylic acids is 3. The van der Waals surface area contributed by atoms with Crippen molar-refractivity contribution in [1.82, 2.24) is 4.57 Å². The highest BCUT2D eigenvalue weighted by Gasteiger charge is 2.56. The molecular formula is C30H25N3O4S2. The Bertz CT molecular complexity index is 1660. The number of nitrogens with zero attached hydrogens (tertiary/aromatic N) is 2. The van der Waals surface area contributed by atoms with Gasteiger partial charge in [0.15, 0.2) is 0 Å². The minimum Gasteiger partial charge on any atom is -0.324 e. The zero-order chi connectivity index (χ0) is 27.3. The highest BCUT2D eigenvalue weighted by Crippen LogP contribution is 2.53. The highest BCUT2D eigenvalue weighted by atomic mass is 32.2. The normalized spacial score (nSPS) is 20.1. The van der Waals surface area contributed by atoms with E-state index >= 15 is 0 Å². The Morgan fingerprint density at radius 1 is 0.872 bits per heavy atom. The fourth-order valence-electron chi connectivity index (χ4n) is 5.27. The van der Waals surface area contributed by atoms with E-state index in [0.29, 0.717) is 21.3 Å². The molecule has 1 saturated heterocycles. The first kappa shape index (κ1) is 25.3. The largest absolute Gasteiger partial charge is 0.324 e. The van der Waals surface area contributed by atoms with Crippen molar-refractivity contribution < 1.29 is 14.4 Å². The van der Waals surface area contributed by atoms with Crippen LogP contribution in [0.15, 0.2) is 88.7 Å². The van der Waals surface area contributed by atoms with Gasteiger partial charge >= 0.3 is 4.87 Å². The van der Waals surface area contributed by atoms with Crippen molar-refractivity contribution in [3.05, 3.63) is 110 Å². The minimum absolute atomic E-state index is 0.186. The molecule has 2 aliphatic heterocycles. The summed E-state index contributed by atoms with van der Waals surface area (Å²) in [6, 6.07) is 24.3. The molecule has 3 amide bonds. The number of thiazole rings is 1. The molecule has 3 aromatic carbocycles. The van der Waals surface area contributed by atoms with Gasteiger partial charge in [0.05, 0.1) is 16.6 Å².